The van der Waals surface area contributed by atoms with Crippen LogP contribution in [0.25, 0.3) is 0 Å². The summed E-state index contributed by atoms with van der Waals surface area (Å²) in [4.78, 5) is 16.9. The molecule has 144 valence electrons. The molecule has 1 amide bonds. The van der Waals surface area contributed by atoms with Crippen LogP contribution in [0.2, 0.25) is 0 Å². The van der Waals surface area contributed by atoms with Gasteiger partial charge in [-0.3, -0.25) is 4.79 Å². The zero-order chi connectivity index (χ0) is 19.1. The number of rotatable bonds is 7. The van der Waals surface area contributed by atoms with Crippen molar-refractivity contribution < 1.29 is 9.53 Å². The molecule has 0 saturated carbocycles. The Morgan fingerprint density at radius 2 is 1.93 bits per heavy atom. The highest BCUT2D eigenvalue weighted by Gasteiger charge is 2.16. The largest absolute Gasteiger partial charge is 0.383 e. The van der Waals surface area contributed by atoms with E-state index in [1.165, 1.54) is 5.69 Å². The second-order valence-electron chi connectivity index (χ2n) is 6.77. The van der Waals surface area contributed by atoms with Crippen LogP contribution in [0.3, 0.4) is 0 Å². The Balaban J connectivity index is 1.60. The number of benzene rings is 2. The van der Waals surface area contributed by atoms with Crippen LogP contribution in [0, 0.1) is 6.92 Å². The molecular weight excluding hydrogens is 338 g/mol. The maximum absolute atomic E-state index is 12.7. The van der Waals surface area contributed by atoms with Crippen molar-refractivity contribution in [3.8, 4) is 0 Å². The van der Waals surface area contributed by atoms with E-state index in [4.69, 9.17) is 4.74 Å². The summed E-state index contributed by atoms with van der Waals surface area (Å²) in [5.41, 5.74) is 4.39. The molecule has 0 bridgehead atoms. The van der Waals surface area contributed by atoms with Crippen LogP contribution in [0.5, 0.6) is 0 Å². The lowest BCUT2D eigenvalue weighted by Crippen LogP contribution is -2.36. The molecule has 2 aromatic carbocycles. The van der Waals surface area contributed by atoms with E-state index in [1.54, 1.807) is 0 Å². The zero-order valence-electron chi connectivity index (χ0n) is 16.3. The molecule has 0 spiro atoms. The lowest BCUT2D eigenvalue weighted by atomic mass is 10.2. The first-order chi connectivity index (χ1) is 13.2. The number of hydrogen-bond donors (Lipinski definition) is 1. The number of hydrogen-bond acceptors (Lipinski definition) is 4. The van der Waals surface area contributed by atoms with Crippen molar-refractivity contribution in [2.24, 2.45) is 0 Å². The minimum absolute atomic E-state index is 0.138. The van der Waals surface area contributed by atoms with Crippen molar-refractivity contribution in [3.05, 3.63) is 54.1 Å². The third-order valence-corrected chi connectivity index (χ3v) is 4.84. The average Bonchev–Trinajstić information content (AvgIpc) is 2.70. The van der Waals surface area contributed by atoms with Gasteiger partial charge in [0.15, 0.2) is 0 Å². The van der Waals surface area contributed by atoms with Crippen molar-refractivity contribution >= 4 is 23.0 Å². The number of carbonyl (C=O) groups excluding carboxylic acids is 1. The van der Waals surface area contributed by atoms with E-state index in [1.807, 2.05) is 43.0 Å². The molecule has 0 aliphatic carbocycles. The summed E-state index contributed by atoms with van der Waals surface area (Å²) in [6, 6.07) is 16.4. The fourth-order valence-electron chi connectivity index (χ4n) is 3.44. The molecule has 3 rings (SSSR count). The topological polar surface area (TPSA) is 44.8 Å². The molecule has 0 radical (unpaired) electrons. The number of para-hydroxylation sites is 2. The van der Waals surface area contributed by atoms with Gasteiger partial charge in [0.25, 0.3) is 0 Å². The van der Waals surface area contributed by atoms with Gasteiger partial charge in [-0.15, -0.1) is 0 Å². The predicted molar refractivity (Wildman–Crippen MR) is 112 cm³/mol. The van der Waals surface area contributed by atoms with E-state index in [-0.39, 0.29) is 5.91 Å². The minimum Gasteiger partial charge on any atom is -0.383 e. The third-order valence-electron chi connectivity index (χ3n) is 4.84. The maximum Gasteiger partial charge on any atom is 0.228 e. The number of morpholine rings is 1. The van der Waals surface area contributed by atoms with Crippen LogP contribution < -0.4 is 15.1 Å². The maximum atomic E-state index is 12.7. The molecule has 5 nitrogen and oxygen atoms in total. The lowest BCUT2D eigenvalue weighted by molar-refractivity contribution is -0.118. The van der Waals surface area contributed by atoms with Crippen LogP contribution in [0.4, 0.5) is 17.1 Å². The number of amides is 1. The third kappa shape index (κ3) is 5.01. The zero-order valence-corrected chi connectivity index (χ0v) is 16.3. The predicted octanol–water partition coefficient (Wildman–Crippen LogP) is 3.69. The van der Waals surface area contributed by atoms with E-state index < -0.39 is 0 Å². The van der Waals surface area contributed by atoms with E-state index in [2.05, 4.69) is 34.5 Å². The molecule has 5 heteroatoms. The fourth-order valence-corrected chi connectivity index (χ4v) is 3.44. The second kappa shape index (κ2) is 9.42. The molecule has 1 heterocycles. The summed E-state index contributed by atoms with van der Waals surface area (Å²) in [5, 5.41) is 3.45. The number of ether oxygens (including phenoxy) is 1. The summed E-state index contributed by atoms with van der Waals surface area (Å²) >= 11 is 0. The Bertz CT molecular complexity index is 757. The number of nitrogens with zero attached hydrogens (tertiary/aromatic N) is 2. The minimum atomic E-state index is 0.138. The van der Waals surface area contributed by atoms with Gasteiger partial charge in [-0.05, 0) is 43.7 Å². The van der Waals surface area contributed by atoms with Crippen LogP contribution in [0.15, 0.2) is 48.5 Å². The van der Waals surface area contributed by atoms with Gasteiger partial charge in [0.05, 0.1) is 24.6 Å². The van der Waals surface area contributed by atoms with Gasteiger partial charge >= 0.3 is 0 Å². The summed E-state index contributed by atoms with van der Waals surface area (Å²) < 4.78 is 5.45. The van der Waals surface area contributed by atoms with Gasteiger partial charge in [0, 0.05) is 38.3 Å². The van der Waals surface area contributed by atoms with Gasteiger partial charge in [-0.25, -0.2) is 0 Å². The molecule has 1 aliphatic heterocycles. The molecule has 27 heavy (non-hydrogen) atoms. The number of carbonyl (C=O) groups is 1. The summed E-state index contributed by atoms with van der Waals surface area (Å²) in [7, 11) is 0. The first-order valence-corrected chi connectivity index (χ1v) is 9.71. The molecule has 2 aromatic rings. The highest BCUT2D eigenvalue weighted by molar-refractivity contribution is 5.93. The molecular formula is C22H29N3O2. The van der Waals surface area contributed by atoms with Crippen molar-refractivity contribution in [1.29, 1.82) is 0 Å². The molecule has 1 N–H and O–H groups in total. The van der Waals surface area contributed by atoms with Crippen molar-refractivity contribution in [2.45, 2.75) is 20.3 Å². The Kier molecular flexibility index (Phi) is 6.71. The fraction of sp³-hybridized carbons (Fsp3) is 0.409. The van der Waals surface area contributed by atoms with E-state index in [9.17, 15) is 4.79 Å². The first kappa shape index (κ1) is 19.2. The SMILES string of the molecule is CCN(C(=O)CCNc1ccccc1N1CCOCC1)c1cccc(C)c1. The van der Waals surface area contributed by atoms with Crippen LogP contribution in [0.1, 0.15) is 18.9 Å². The van der Waals surface area contributed by atoms with Gasteiger partial charge in [0.1, 0.15) is 0 Å². The number of nitrogens with one attached hydrogen (secondary N) is 1. The van der Waals surface area contributed by atoms with E-state index in [0.29, 0.717) is 19.5 Å². The normalized spacial score (nSPS) is 14.1. The van der Waals surface area contributed by atoms with E-state index >= 15 is 0 Å². The summed E-state index contributed by atoms with van der Waals surface area (Å²) in [6.07, 6.45) is 0.458. The van der Waals surface area contributed by atoms with E-state index in [0.717, 1.165) is 43.2 Å². The van der Waals surface area contributed by atoms with Crippen molar-refractivity contribution in [3.63, 3.8) is 0 Å². The summed E-state index contributed by atoms with van der Waals surface area (Å²) in [5.74, 6) is 0.138. The van der Waals surface area contributed by atoms with Gasteiger partial charge in [-0.1, -0.05) is 24.3 Å². The Morgan fingerprint density at radius 3 is 2.67 bits per heavy atom. The molecule has 0 aromatic heterocycles. The second-order valence-corrected chi connectivity index (χ2v) is 6.77. The average molecular weight is 367 g/mol. The Hall–Kier alpha value is -2.53. The van der Waals surface area contributed by atoms with Crippen LogP contribution in [-0.2, 0) is 9.53 Å². The van der Waals surface area contributed by atoms with Crippen molar-refractivity contribution in [1.82, 2.24) is 0 Å². The molecule has 0 unspecified atom stereocenters. The summed E-state index contributed by atoms with van der Waals surface area (Å²) in [6.45, 7) is 8.66. The highest BCUT2D eigenvalue weighted by Crippen LogP contribution is 2.26. The molecule has 0 atom stereocenters. The monoisotopic (exact) mass is 367 g/mol. The van der Waals surface area contributed by atoms with Crippen LogP contribution in [-0.4, -0.2) is 45.3 Å². The van der Waals surface area contributed by atoms with Gasteiger partial charge in [0.2, 0.25) is 5.91 Å². The molecule has 1 saturated heterocycles. The van der Waals surface area contributed by atoms with Gasteiger partial charge < -0.3 is 19.9 Å². The lowest BCUT2D eigenvalue weighted by Gasteiger charge is -2.30. The molecule has 1 aliphatic rings. The number of anilines is 3. The number of aryl methyl sites for hydroxylation is 1. The smallest absolute Gasteiger partial charge is 0.228 e. The Labute approximate surface area is 161 Å². The van der Waals surface area contributed by atoms with Crippen LogP contribution >= 0.6 is 0 Å². The highest BCUT2D eigenvalue weighted by atomic mass is 16.5. The first-order valence-electron chi connectivity index (χ1n) is 9.71. The van der Waals surface area contributed by atoms with Crippen molar-refractivity contribution in [2.75, 3.05) is 54.5 Å². The van der Waals surface area contributed by atoms with Gasteiger partial charge in [-0.2, -0.15) is 0 Å². The Morgan fingerprint density at radius 1 is 1.15 bits per heavy atom. The quantitative estimate of drug-likeness (QED) is 0.811. The standard InChI is InChI=1S/C22H29N3O2/c1-3-25(19-8-6-7-18(2)17-19)22(26)11-12-23-20-9-4-5-10-21(20)24-13-15-27-16-14-24/h4-10,17,23H,3,11-16H2,1-2H3. The molecule has 1 fully saturated rings.